The van der Waals surface area contributed by atoms with E-state index in [0.717, 1.165) is 11.1 Å². The van der Waals surface area contributed by atoms with Crippen LogP contribution in [0.3, 0.4) is 0 Å². The largest absolute Gasteiger partial charge is 0.481 e. The minimum absolute atomic E-state index is 0.0583. The molecule has 0 saturated carbocycles. The lowest BCUT2D eigenvalue weighted by Crippen LogP contribution is -2.35. The van der Waals surface area contributed by atoms with Crippen LogP contribution in [0, 0.1) is 0 Å². The molecule has 0 fully saturated rings. The van der Waals surface area contributed by atoms with E-state index in [1.807, 2.05) is 42.5 Å². The molecule has 1 heterocycles. The number of pyridine rings is 1. The van der Waals surface area contributed by atoms with Gasteiger partial charge in [-0.2, -0.15) is 0 Å². The van der Waals surface area contributed by atoms with Gasteiger partial charge < -0.3 is 15.3 Å². The van der Waals surface area contributed by atoms with Crippen molar-refractivity contribution < 1.29 is 19.5 Å². The van der Waals surface area contributed by atoms with Crippen LogP contribution in [0.1, 0.15) is 38.3 Å². The number of nitrogens with zero attached hydrogens (tertiary/aromatic N) is 2. The molecule has 0 saturated heterocycles. The molecule has 1 aromatic heterocycles. The van der Waals surface area contributed by atoms with Crippen molar-refractivity contribution in [2.24, 2.45) is 0 Å². The summed E-state index contributed by atoms with van der Waals surface area (Å²) in [6.45, 7) is 0.638. The second kappa shape index (κ2) is 13.3. The summed E-state index contributed by atoms with van der Waals surface area (Å²) in [6, 6.07) is 25.2. The molecule has 0 aliphatic heterocycles. The Morgan fingerprint density at radius 1 is 0.821 bits per heavy atom. The van der Waals surface area contributed by atoms with Gasteiger partial charge in [0.1, 0.15) is 0 Å². The summed E-state index contributed by atoms with van der Waals surface area (Å²) < 4.78 is 0. The number of carboxylic acids is 1. The molecule has 2 N–H and O–H groups in total. The Morgan fingerprint density at radius 3 is 2.18 bits per heavy atom. The van der Waals surface area contributed by atoms with E-state index < -0.39 is 5.97 Å². The highest BCUT2D eigenvalue weighted by atomic mass is 35.5. The minimum atomic E-state index is -0.983. The Balaban J connectivity index is 1.61. The van der Waals surface area contributed by atoms with E-state index >= 15 is 0 Å². The maximum Gasteiger partial charge on any atom is 0.305 e. The molecule has 3 aromatic carbocycles. The molecule has 198 valence electrons. The summed E-state index contributed by atoms with van der Waals surface area (Å²) in [7, 11) is 0. The van der Waals surface area contributed by atoms with Gasteiger partial charge in [0.25, 0.3) is 11.8 Å². The number of nitrogens with one attached hydrogen (secondary N) is 1. The van der Waals surface area contributed by atoms with E-state index in [2.05, 4.69) is 10.3 Å². The van der Waals surface area contributed by atoms with Crippen molar-refractivity contribution in [3.63, 3.8) is 0 Å². The molecule has 2 amide bonds. The molecule has 0 aliphatic carbocycles. The monoisotopic (exact) mass is 541 g/mol. The third-order valence-corrected chi connectivity index (χ3v) is 6.66. The van der Waals surface area contributed by atoms with Crippen LogP contribution in [0.2, 0.25) is 5.02 Å². The lowest BCUT2D eigenvalue weighted by Gasteiger charge is -2.24. The zero-order valence-electron chi connectivity index (χ0n) is 21.2. The molecule has 0 aliphatic rings. The minimum Gasteiger partial charge on any atom is -0.481 e. The summed E-state index contributed by atoms with van der Waals surface area (Å²) in [5.41, 5.74) is 3.73. The molecule has 0 atom stereocenters. The van der Waals surface area contributed by atoms with Crippen LogP contribution >= 0.6 is 11.6 Å². The maximum absolute atomic E-state index is 13.8. The molecular weight excluding hydrogens is 514 g/mol. The highest BCUT2D eigenvalue weighted by molar-refractivity contribution is 6.31. The molecule has 7 nitrogen and oxygen atoms in total. The number of rotatable bonds is 11. The second-order valence-corrected chi connectivity index (χ2v) is 9.32. The number of aliphatic carboxylic acids is 1. The zero-order chi connectivity index (χ0) is 27.6. The normalized spacial score (nSPS) is 10.6. The number of aromatic nitrogens is 1. The van der Waals surface area contributed by atoms with Gasteiger partial charge in [-0.3, -0.25) is 19.4 Å². The van der Waals surface area contributed by atoms with E-state index in [0.29, 0.717) is 40.2 Å². The fraction of sp³-hybridized carbons (Fsp3) is 0.161. The summed E-state index contributed by atoms with van der Waals surface area (Å²) >= 11 is 6.24. The smallest absolute Gasteiger partial charge is 0.305 e. The second-order valence-electron chi connectivity index (χ2n) is 8.91. The van der Waals surface area contributed by atoms with Crippen molar-refractivity contribution in [2.45, 2.75) is 19.4 Å². The van der Waals surface area contributed by atoms with Gasteiger partial charge in [0.15, 0.2) is 0 Å². The molecule has 4 rings (SSSR count). The van der Waals surface area contributed by atoms with Gasteiger partial charge in [0.2, 0.25) is 0 Å². The van der Waals surface area contributed by atoms with E-state index in [1.165, 1.54) is 0 Å². The average Bonchev–Trinajstić information content (AvgIpc) is 2.96. The number of carboxylic acid groups (broad SMARTS) is 1. The Morgan fingerprint density at radius 2 is 1.49 bits per heavy atom. The SMILES string of the molecule is O=C(O)CCN(CCc1cccnc1)C(=O)c1ccccc1-c1ccccc1C(=O)NCc1ccccc1Cl. The quantitative estimate of drug-likeness (QED) is 0.261. The van der Waals surface area contributed by atoms with Crippen LogP contribution in [0.5, 0.6) is 0 Å². The van der Waals surface area contributed by atoms with Gasteiger partial charge in [0.05, 0.1) is 6.42 Å². The van der Waals surface area contributed by atoms with E-state index in [9.17, 15) is 19.5 Å². The molecule has 8 heteroatoms. The predicted octanol–water partition coefficient (Wildman–Crippen LogP) is 5.49. The number of benzene rings is 3. The third-order valence-electron chi connectivity index (χ3n) is 6.29. The molecule has 0 spiro atoms. The molecule has 39 heavy (non-hydrogen) atoms. The highest BCUT2D eigenvalue weighted by Gasteiger charge is 2.22. The molecule has 4 aromatic rings. The summed E-state index contributed by atoms with van der Waals surface area (Å²) in [5.74, 6) is -1.59. The van der Waals surface area contributed by atoms with Gasteiger partial charge in [-0.25, -0.2) is 0 Å². The van der Waals surface area contributed by atoms with Crippen LogP contribution in [-0.2, 0) is 17.8 Å². The van der Waals surface area contributed by atoms with Crippen molar-refractivity contribution in [3.8, 4) is 11.1 Å². The molecule has 0 bridgehead atoms. The summed E-state index contributed by atoms with van der Waals surface area (Å²) in [4.78, 5) is 44.0. The first-order chi connectivity index (χ1) is 18.9. The van der Waals surface area contributed by atoms with Crippen LogP contribution in [0.15, 0.2) is 97.3 Å². The van der Waals surface area contributed by atoms with E-state index in [-0.39, 0.29) is 31.3 Å². The first-order valence-electron chi connectivity index (χ1n) is 12.5. The Hall–Kier alpha value is -4.49. The lowest BCUT2D eigenvalue weighted by molar-refractivity contribution is -0.137. The number of hydrogen-bond donors (Lipinski definition) is 2. The standard InChI is InChI=1S/C31H28ClN3O4/c32-28-14-6-1-9-23(28)21-34-30(38)26-12-4-2-10-24(26)25-11-3-5-13-27(25)31(39)35(19-16-29(36)37)18-15-22-8-7-17-33-20-22/h1-14,17,20H,15-16,18-19,21H2,(H,34,38)(H,36,37). The fourth-order valence-electron chi connectivity index (χ4n) is 4.26. The van der Waals surface area contributed by atoms with Gasteiger partial charge in [-0.15, -0.1) is 0 Å². The highest BCUT2D eigenvalue weighted by Crippen LogP contribution is 2.29. The van der Waals surface area contributed by atoms with Crippen molar-refractivity contribution >= 4 is 29.4 Å². The van der Waals surface area contributed by atoms with Crippen molar-refractivity contribution in [3.05, 3.63) is 125 Å². The molecule has 0 radical (unpaired) electrons. The number of halogens is 1. The Labute approximate surface area is 232 Å². The number of carbonyl (C=O) groups excluding carboxylic acids is 2. The van der Waals surface area contributed by atoms with Crippen LogP contribution in [-0.4, -0.2) is 45.9 Å². The van der Waals surface area contributed by atoms with Crippen molar-refractivity contribution in [1.82, 2.24) is 15.2 Å². The summed E-state index contributed by atoms with van der Waals surface area (Å²) in [6.07, 6.45) is 3.75. The van der Waals surface area contributed by atoms with Gasteiger partial charge in [-0.1, -0.05) is 72.3 Å². The Kier molecular flexibility index (Phi) is 9.43. The van der Waals surface area contributed by atoms with E-state index in [4.69, 9.17) is 11.6 Å². The lowest BCUT2D eigenvalue weighted by atomic mass is 9.94. The molecule has 0 unspecified atom stereocenters. The van der Waals surface area contributed by atoms with Gasteiger partial charge in [0, 0.05) is 48.2 Å². The first-order valence-corrected chi connectivity index (χ1v) is 12.9. The zero-order valence-corrected chi connectivity index (χ0v) is 22.0. The predicted molar refractivity (Wildman–Crippen MR) is 151 cm³/mol. The Bertz CT molecular complexity index is 1460. The van der Waals surface area contributed by atoms with Gasteiger partial charge >= 0.3 is 5.97 Å². The van der Waals surface area contributed by atoms with Crippen LogP contribution in [0.4, 0.5) is 0 Å². The first kappa shape index (κ1) is 27.5. The summed E-state index contributed by atoms with van der Waals surface area (Å²) in [5, 5.41) is 12.8. The number of carbonyl (C=O) groups is 3. The average molecular weight is 542 g/mol. The molecular formula is C31H28ClN3O4. The maximum atomic E-state index is 13.8. The van der Waals surface area contributed by atoms with Crippen LogP contribution in [0.25, 0.3) is 11.1 Å². The van der Waals surface area contributed by atoms with Crippen molar-refractivity contribution in [1.29, 1.82) is 0 Å². The van der Waals surface area contributed by atoms with Crippen LogP contribution < -0.4 is 5.32 Å². The van der Waals surface area contributed by atoms with Gasteiger partial charge in [-0.05, 0) is 52.9 Å². The number of hydrogen-bond acceptors (Lipinski definition) is 4. The fourth-order valence-corrected chi connectivity index (χ4v) is 4.46. The van der Waals surface area contributed by atoms with E-state index in [1.54, 1.807) is 59.8 Å². The third kappa shape index (κ3) is 7.30. The van der Waals surface area contributed by atoms with Crippen molar-refractivity contribution in [2.75, 3.05) is 13.1 Å². The number of amides is 2. The topological polar surface area (TPSA) is 99.6 Å².